The van der Waals surface area contributed by atoms with Crippen LogP contribution in [0.1, 0.15) is 10.4 Å². The van der Waals surface area contributed by atoms with Gasteiger partial charge in [-0.25, -0.2) is 8.78 Å². The first-order valence-corrected chi connectivity index (χ1v) is 7.20. The summed E-state index contributed by atoms with van der Waals surface area (Å²) in [6.45, 7) is -1.08. The first-order chi connectivity index (χ1) is 10.2. The van der Waals surface area contributed by atoms with Crippen LogP contribution in [0.4, 0.5) is 22.0 Å². The third-order valence-corrected chi connectivity index (χ3v) is 3.93. The number of amides is 1. The van der Waals surface area contributed by atoms with E-state index in [2.05, 4.69) is 15.9 Å². The molecule has 0 radical (unpaired) electrons. The van der Waals surface area contributed by atoms with Crippen molar-refractivity contribution in [3.63, 3.8) is 0 Å². The van der Waals surface area contributed by atoms with E-state index in [-0.39, 0.29) is 30.7 Å². The number of piperazine rings is 1. The fourth-order valence-electron chi connectivity index (χ4n) is 2.24. The molecule has 1 fully saturated rings. The van der Waals surface area contributed by atoms with Gasteiger partial charge in [0.05, 0.1) is 11.0 Å². The summed E-state index contributed by atoms with van der Waals surface area (Å²) >= 11 is 2.87. The molecule has 0 atom stereocenters. The lowest BCUT2D eigenvalue weighted by Crippen LogP contribution is -2.51. The highest BCUT2D eigenvalue weighted by Crippen LogP contribution is 2.24. The average Bonchev–Trinajstić information content (AvgIpc) is 2.42. The first-order valence-electron chi connectivity index (χ1n) is 6.41. The Hall–Kier alpha value is -1.22. The predicted molar refractivity (Wildman–Crippen MR) is 72.5 cm³/mol. The van der Waals surface area contributed by atoms with Crippen LogP contribution in [-0.2, 0) is 0 Å². The minimum absolute atomic E-state index is 0.00247. The zero-order valence-corrected chi connectivity index (χ0v) is 12.8. The van der Waals surface area contributed by atoms with E-state index >= 15 is 0 Å². The molecule has 0 saturated carbocycles. The second kappa shape index (κ2) is 6.49. The molecular weight excluding hydrogens is 375 g/mol. The standard InChI is InChI=1S/C13H12BrF5N2O/c14-8-1-2-9(15)10(11(8)16)12(22)21-5-3-20(4-6-21)7-13(17,18)19/h1-2H,3-7H2. The summed E-state index contributed by atoms with van der Waals surface area (Å²) in [7, 11) is 0. The monoisotopic (exact) mass is 386 g/mol. The second-order valence-corrected chi connectivity index (χ2v) is 5.76. The maximum absolute atomic E-state index is 13.9. The van der Waals surface area contributed by atoms with Crippen LogP contribution >= 0.6 is 15.9 Å². The van der Waals surface area contributed by atoms with Crippen LogP contribution in [0, 0.1) is 11.6 Å². The number of carbonyl (C=O) groups is 1. The molecule has 1 amide bonds. The average molecular weight is 387 g/mol. The van der Waals surface area contributed by atoms with Crippen molar-refractivity contribution in [2.24, 2.45) is 0 Å². The van der Waals surface area contributed by atoms with Gasteiger partial charge in [-0.3, -0.25) is 9.69 Å². The molecule has 0 bridgehead atoms. The Kier molecular flexibility index (Phi) is 5.06. The third-order valence-electron chi connectivity index (χ3n) is 3.32. The molecule has 3 nitrogen and oxygen atoms in total. The lowest BCUT2D eigenvalue weighted by molar-refractivity contribution is -0.148. The van der Waals surface area contributed by atoms with Gasteiger partial charge in [0.25, 0.3) is 5.91 Å². The van der Waals surface area contributed by atoms with Crippen LogP contribution in [-0.4, -0.2) is 54.6 Å². The highest BCUT2D eigenvalue weighted by atomic mass is 79.9. The van der Waals surface area contributed by atoms with Crippen molar-refractivity contribution in [1.82, 2.24) is 9.80 Å². The summed E-state index contributed by atoms with van der Waals surface area (Å²) in [5.74, 6) is -2.87. The highest BCUT2D eigenvalue weighted by Gasteiger charge is 2.34. The van der Waals surface area contributed by atoms with E-state index in [1.807, 2.05) is 0 Å². The molecule has 0 spiro atoms. The van der Waals surface area contributed by atoms with Gasteiger partial charge in [-0.1, -0.05) is 0 Å². The van der Waals surface area contributed by atoms with Crippen molar-refractivity contribution in [1.29, 1.82) is 0 Å². The summed E-state index contributed by atoms with van der Waals surface area (Å²) in [5.41, 5.74) is -0.696. The molecule has 1 aromatic carbocycles. The van der Waals surface area contributed by atoms with Crippen molar-refractivity contribution in [3.05, 3.63) is 33.8 Å². The molecule has 1 aliphatic rings. The number of alkyl halides is 3. The number of carbonyl (C=O) groups excluding carboxylic acids is 1. The Morgan fingerprint density at radius 2 is 1.73 bits per heavy atom. The largest absolute Gasteiger partial charge is 0.401 e. The summed E-state index contributed by atoms with van der Waals surface area (Å²) in [5, 5.41) is 0. The van der Waals surface area contributed by atoms with Gasteiger partial charge in [-0.15, -0.1) is 0 Å². The van der Waals surface area contributed by atoms with E-state index in [9.17, 15) is 26.7 Å². The second-order valence-electron chi connectivity index (χ2n) is 4.90. The highest BCUT2D eigenvalue weighted by molar-refractivity contribution is 9.10. The molecule has 122 valence electrons. The Balaban J connectivity index is 2.06. The Morgan fingerprint density at radius 3 is 2.27 bits per heavy atom. The van der Waals surface area contributed by atoms with Crippen molar-refractivity contribution >= 4 is 21.8 Å². The van der Waals surface area contributed by atoms with E-state index in [1.165, 1.54) is 0 Å². The van der Waals surface area contributed by atoms with Crippen LogP contribution < -0.4 is 0 Å². The van der Waals surface area contributed by atoms with E-state index in [0.29, 0.717) is 0 Å². The van der Waals surface area contributed by atoms with Gasteiger partial charge in [0.2, 0.25) is 0 Å². The molecule has 0 aliphatic carbocycles. The smallest absolute Gasteiger partial charge is 0.336 e. The van der Waals surface area contributed by atoms with Crippen LogP contribution in [0.3, 0.4) is 0 Å². The number of benzene rings is 1. The minimum Gasteiger partial charge on any atom is -0.336 e. The molecule has 1 heterocycles. The van der Waals surface area contributed by atoms with Gasteiger partial charge in [0.1, 0.15) is 11.4 Å². The number of rotatable bonds is 2. The van der Waals surface area contributed by atoms with Gasteiger partial charge in [0.15, 0.2) is 5.82 Å². The van der Waals surface area contributed by atoms with Crippen molar-refractivity contribution in [2.75, 3.05) is 32.7 Å². The van der Waals surface area contributed by atoms with E-state index < -0.39 is 35.8 Å². The Bertz CT molecular complexity index is 570. The molecule has 0 aromatic heterocycles. The van der Waals surface area contributed by atoms with Crippen LogP contribution in [0.2, 0.25) is 0 Å². The van der Waals surface area contributed by atoms with Gasteiger partial charge in [-0.05, 0) is 28.1 Å². The van der Waals surface area contributed by atoms with Crippen LogP contribution in [0.15, 0.2) is 16.6 Å². The number of hydrogen-bond donors (Lipinski definition) is 0. The molecule has 1 aromatic rings. The van der Waals surface area contributed by atoms with E-state index in [1.54, 1.807) is 0 Å². The maximum Gasteiger partial charge on any atom is 0.401 e. The van der Waals surface area contributed by atoms with Crippen molar-refractivity contribution in [2.45, 2.75) is 6.18 Å². The molecule has 2 rings (SSSR count). The SMILES string of the molecule is O=C(c1c(F)ccc(Br)c1F)N1CCN(CC(F)(F)F)CC1. The third kappa shape index (κ3) is 3.95. The predicted octanol–water partition coefficient (Wildman–Crippen LogP) is 3.05. The van der Waals surface area contributed by atoms with Crippen LogP contribution in [0.25, 0.3) is 0 Å². The van der Waals surface area contributed by atoms with Crippen molar-refractivity contribution < 1.29 is 26.7 Å². The van der Waals surface area contributed by atoms with E-state index in [0.717, 1.165) is 21.9 Å². The van der Waals surface area contributed by atoms with Gasteiger partial charge < -0.3 is 4.90 Å². The molecular formula is C13H12BrF5N2O. The summed E-state index contributed by atoms with van der Waals surface area (Å²) in [4.78, 5) is 14.5. The molecule has 0 unspecified atom stereocenters. The van der Waals surface area contributed by atoms with Gasteiger partial charge >= 0.3 is 6.18 Å². The molecule has 0 N–H and O–H groups in total. The topological polar surface area (TPSA) is 23.6 Å². The van der Waals surface area contributed by atoms with Gasteiger partial charge in [0, 0.05) is 26.2 Å². The summed E-state index contributed by atoms with van der Waals surface area (Å²) < 4.78 is 64.3. The summed E-state index contributed by atoms with van der Waals surface area (Å²) in [6, 6.07) is 2.10. The number of hydrogen-bond acceptors (Lipinski definition) is 2. The minimum atomic E-state index is -4.31. The first kappa shape index (κ1) is 17.1. The fraction of sp³-hybridized carbons (Fsp3) is 0.462. The fourth-order valence-corrected chi connectivity index (χ4v) is 2.57. The molecule has 1 aliphatic heterocycles. The van der Waals surface area contributed by atoms with E-state index in [4.69, 9.17) is 0 Å². The zero-order valence-electron chi connectivity index (χ0n) is 11.3. The zero-order chi connectivity index (χ0) is 16.5. The molecule has 22 heavy (non-hydrogen) atoms. The summed E-state index contributed by atoms with van der Waals surface area (Å²) in [6.07, 6.45) is -4.31. The maximum atomic E-state index is 13.9. The number of nitrogens with zero attached hydrogens (tertiary/aromatic N) is 2. The molecule has 1 saturated heterocycles. The quantitative estimate of drug-likeness (QED) is 0.576. The van der Waals surface area contributed by atoms with Crippen LogP contribution in [0.5, 0.6) is 0 Å². The number of halogens is 6. The Morgan fingerprint density at radius 1 is 1.14 bits per heavy atom. The van der Waals surface area contributed by atoms with Crippen molar-refractivity contribution in [3.8, 4) is 0 Å². The lowest BCUT2D eigenvalue weighted by Gasteiger charge is -2.35. The Labute approximate surface area is 131 Å². The molecule has 9 heteroatoms. The normalized spacial score (nSPS) is 16.9. The van der Waals surface area contributed by atoms with Gasteiger partial charge in [-0.2, -0.15) is 13.2 Å². The lowest BCUT2D eigenvalue weighted by atomic mass is 10.1.